The van der Waals surface area contributed by atoms with Crippen LogP contribution in [-0.2, 0) is 0 Å². The van der Waals surface area contributed by atoms with Crippen molar-refractivity contribution in [2.45, 2.75) is 6.92 Å². The van der Waals surface area contributed by atoms with E-state index in [1.165, 1.54) is 28.9 Å². The Balaban J connectivity index is 2.57. The van der Waals surface area contributed by atoms with Gasteiger partial charge in [-0.2, -0.15) is 0 Å². The van der Waals surface area contributed by atoms with Gasteiger partial charge in [-0.1, -0.05) is 5.16 Å². The van der Waals surface area contributed by atoms with E-state index in [0.29, 0.717) is 11.4 Å². The molecule has 0 atom stereocenters. The van der Waals surface area contributed by atoms with Gasteiger partial charge in [-0.25, -0.2) is 9.07 Å². The number of aromatic amines is 1. The van der Waals surface area contributed by atoms with Gasteiger partial charge in [0.2, 0.25) is 0 Å². The average molecular weight is 235 g/mol. The summed E-state index contributed by atoms with van der Waals surface area (Å²) in [5, 5.41) is 14.1. The summed E-state index contributed by atoms with van der Waals surface area (Å²) in [5.41, 5.74) is 0.984. The number of H-pyrrole nitrogens is 1. The normalized spacial score (nSPS) is 11.2. The fraction of sp³-hybridized carbons (Fsp3) is 0.0909. The van der Waals surface area contributed by atoms with Crippen molar-refractivity contribution in [3.63, 3.8) is 0 Å². The molecule has 0 unspecified atom stereocenters. The number of hydrogen-bond acceptors (Lipinski definition) is 3. The van der Waals surface area contributed by atoms with Crippen molar-refractivity contribution < 1.29 is 9.60 Å². The molecular formula is C11H10FN3O2. The maximum atomic E-state index is 12.8. The van der Waals surface area contributed by atoms with Gasteiger partial charge in [0, 0.05) is 5.69 Å². The number of hydrogen-bond donors (Lipinski definition) is 2. The van der Waals surface area contributed by atoms with E-state index in [-0.39, 0.29) is 16.9 Å². The molecule has 2 aromatic rings. The van der Waals surface area contributed by atoms with Gasteiger partial charge in [0.1, 0.15) is 5.82 Å². The molecule has 6 heteroatoms. The largest absolute Gasteiger partial charge is 0.411 e. The molecule has 17 heavy (non-hydrogen) atoms. The zero-order valence-electron chi connectivity index (χ0n) is 9.01. The third-order valence-corrected chi connectivity index (χ3v) is 2.39. The number of halogens is 1. The van der Waals surface area contributed by atoms with Crippen molar-refractivity contribution in [3.05, 3.63) is 51.7 Å². The third-order valence-electron chi connectivity index (χ3n) is 2.39. The monoisotopic (exact) mass is 235 g/mol. The molecule has 5 nitrogen and oxygen atoms in total. The van der Waals surface area contributed by atoms with Crippen molar-refractivity contribution in [2.75, 3.05) is 0 Å². The highest BCUT2D eigenvalue weighted by Crippen LogP contribution is 2.07. The summed E-state index contributed by atoms with van der Waals surface area (Å²) < 4.78 is 14.0. The number of benzene rings is 1. The van der Waals surface area contributed by atoms with E-state index < -0.39 is 0 Å². The zero-order valence-corrected chi connectivity index (χ0v) is 9.01. The summed E-state index contributed by atoms with van der Waals surface area (Å²) in [7, 11) is 0. The van der Waals surface area contributed by atoms with Gasteiger partial charge >= 0.3 is 0 Å². The second-order valence-electron chi connectivity index (χ2n) is 3.51. The smallest absolute Gasteiger partial charge is 0.280 e. The Labute approximate surface area is 95.8 Å². The maximum Gasteiger partial charge on any atom is 0.280 e. The van der Waals surface area contributed by atoms with Gasteiger partial charge in [-0.15, -0.1) is 0 Å². The van der Waals surface area contributed by atoms with Crippen LogP contribution in [0.1, 0.15) is 11.3 Å². The summed E-state index contributed by atoms with van der Waals surface area (Å²) in [6.45, 7) is 1.68. The lowest BCUT2D eigenvalue weighted by molar-refractivity contribution is 0.322. The lowest BCUT2D eigenvalue weighted by Gasteiger charge is -2.00. The molecule has 0 aliphatic heterocycles. The van der Waals surface area contributed by atoms with Gasteiger partial charge in [0.25, 0.3) is 5.56 Å². The Kier molecular flexibility index (Phi) is 2.78. The minimum atomic E-state index is -0.373. The molecule has 1 heterocycles. The molecule has 0 aliphatic carbocycles. The highest BCUT2D eigenvalue weighted by atomic mass is 19.1. The average Bonchev–Trinajstić information content (AvgIpc) is 2.59. The van der Waals surface area contributed by atoms with Gasteiger partial charge < -0.3 is 5.21 Å². The molecule has 0 aliphatic rings. The van der Waals surface area contributed by atoms with Crippen molar-refractivity contribution in [3.8, 4) is 5.69 Å². The number of nitrogens with one attached hydrogen (secondary N) is 1. The predicted molar refractivity (Wildman–Crippen MR) is 60.5 cm³/mol. The Bertz CT molecular complexity index is 611. The summed E-state index contributed by atoms with van der Waals surface area (Å²) in [5.74, 6) is -0.373. The van der Waals surface area contributed by atoms with Crippen LogP contribution in [0.5, 0.6) is 0 Å². The zero-order chi connectivity index (χ0) is 12.4. The second-order valence-corrected chi connectivity index (χ2v) is 3.51. The van der Waals surface area contributed by atoms with Crippen molar-refractivity contribution in [1.82, 2.24) is 9.78 Å². The SMILES string of the molecule is Cc1[nH]n(-c2ccc(F)cc2)c(=O)c1/C=N/O. The maximum absolute atomic E-state index is 12.8. The molecule has 0 radical (unpaired) electrons. The molecule has 2 rings (SSSR count). The van der Waals surface area contributed by atoms with Crippen molar-refractivity contribution in [2.24, 2.45) is 5.16 Å². The topological polar surface area (TPSA) is 70.4 Å². The second kappa shape index (κ2) is 4.25. The Morgan fingerprint density at radius 2 is 2.06 bits per heavy atom. The van der Waals surface area contributed by atoms with E-state index in [1.807, 2.05) is 0 Å². The van der Waals surface area contributed by atoms with Gasteiger partial charge in [-0.05, 0) is 31.2 Å². The Morgan fingerprint density at radius 3 is 2.65 bits per heavy atom. The lowest BCUT2D eigenvalue weighted by Crippen LogP contribution is -2.17. The van der Waals surface area contributed by atoms with Crippen LogP contribution < -0.4 is 5.56 Å². The van der Waals surface area contributed by atoms with E-state index in [9.17, 15) is 9.18 Å². The molecule has 1 aromatic carbocycles. The first-order valence-electron chi connectivity index (χ1n) is 4.88. The van der Waals surface area contributed by atoms with E-state index in [4.69, 9.17) is 5.21 Å². The molecule has 0 saturated carbocycles. The first-order chi connectivity index (χ1) is 8.13. The van der Waals surface area contributed by atoms with E-state index >= 15 is 0 Å². The van der Waals surface area contributed by atoms with Crippen LogP contribution in [-0.4, -0.2) is 21.2 Å². The standard InChI is InChI=1S/C11H10FN3O2/c1-7-10(6-13-17)11(16)15(14-7)9-4-2-8(12)3-5-9/h2-6,14,17H,1H3/b13-6+. The van der Waals surface area contributed by atoms with Crippen LogP contribution in [0.2, 0.25) is 0 Å². The number of nitrogens with zero attached hydrogens (tertiary/aromatic N) is 2. The molecule has 0 saturated heterocycles. The van der Waals surface area contributed by atoms with Gasteiger partial charge in [0.15, 0.2) is 0 Å². The van der Waals surface area contributed by atoms with Crippen molar-refractivity contribution >= 4 is 6.21 Å². The van der Waals surface area contributed by atoms with E-state index in [2.05, 4.69) is 10.3 Å². The van der Waals surface area contributed by atoms with Crippen LogP contribution in [0, 0.1) is 12.7 Å². The van der Waals surface area contributed by atoms with E-state index in [1.54, 1.807) is 6.92 Å². The lowest BCUT2D eigenvalue weighted by atomic mass is 10.3. The minimum Gasteiger partial charge on any atom is -0.411 e. The molecule has 2 N–H and O–H groups in total. The molecular weight excluding hydrogens is 225 g/mol. The summed E-state index contributed by atoms with van der Waals surface area (Å²) in [4.78, 5) is 11.9. The molecule has 1 aromatic heterocycles. The molecule has 0 bridgehead atoms. The fourth-order valence-corrected chi connectivity index (χ4v) is 1.54. The van der Waals surface area contributed by atoms with Crippen LogP contribution in [0.25, 0.3) is 5.69 Å². The van der Waals surface area contributed by atoms with Crippen LogP contribution in [0.4, 0.5) is 4.39 Å². The number of oxime groups is 1. The highest BCUT2D eigenvalue weighted by molar-refractivity contribution is 5.80. The fourth-order valence-electron chi connectivity index (χ4n) is 1.54. The van der Waals surface area contributed by atoms with Crippen LogP contribution in [0.15, 0.2) is 34.2 Å². The molecule has 0 fully saturated rings. The summed E-state index contributed by atoms with van der Waals surface area (Å²) >= 11 is 0. The number of rotatable bonds is 2. The van der Waals surface area contributed by atoms with E-state index in [0.717, 1.165) is 6.21 Å². The molecule has 0 spiro atoms. The quantitative estimate of drug-likeness (QED) is 0.469. The highest BCUT2D eigenvalue weighted by Gasteiger charge is 2.10. The third kappa shape index (κ3) is 1.96. The van der Waals surface area contributed by atoms with Crippen molar-refractivity contribution in [1.29, 1.82) is 0 Å². The minimum absolute atomic E-state index is 0.261. The molecule has 0 amide bonds. The number of aryl methyl sites for hydroxylation is 1. The summed E-state index contributed by atoms with van der Waals surface area (Å²) in [6, 6.07) is 5.48. The van der Waals surface area contributed by atoms with Gasteiger partial charge in [0.05, 0.1) is 17.5 Å². The predicted octanol–water partition coefficient (Wildman–Crippen LogP) is 1.42. The van der Waals surface area contributed by atoms with Gasteiger partial charge in [-0.3, -0.25) is 9.89 Å². The van der Waals surface area contributed by atoms with Crippen LogP contribution >= 0.6 is 0 Å². The first kappa shape index (κ1) is 11.1. The Morgan fingerprint density at radius 1 is 1.41 bits per heavy atom. The number of aromatic nitrogens is 2. The summed E-state index contributed by atoms with van der Waals surface area (Å²) in [6.07, 6.45) is 1.06. The van der Waals surface area contributed by atoms with Crippen LogP contribution in [0.3, 0.4) is 0 Å². The molecule has 88 valence electrons. The Hall–Kier alpha value is -2.37. The first-order valence-corrected chi connectivity index (χ1v) is 4.88.